The predicted molar refractivity (Wildman–Crippen MR) is 111 cm³/mol. The van der Waals surface area contributed by atoms with Crippen molar-refractivity contribution in [3.8, 4) is 6.07 Å². The molecule has 0 aromatic carbocycles. The van der Waals surface area contributed by atoms with E-state index < -0.39 is 78.9 Å². The smallest absolute Gasteiger partial charge is 0.303 e. The maximum atomic E-state index is 11.9. The molecule has 0 aromatic rings. The SMILES string of the molecule is CC(=O)OC[C@@H]1O[C@H](O[C@]2(C#N)C=C[C@@H](OC(C)=O)C2)[C@@H](OC(C)=O)[C@H](OC(C)=O)[C@H]1OC(C)=O. The Morgan fingerprint density at radius 2 is 1.40 bits per heavy atom. The summed E-state index contributed by atoms with van der Waals surface area (Å²) >= 11 is 0. The normalized spacial score (nSPS) is 31.5. The third-order valence-electron chi connectivity index (χ3n) is 4.87. The van der Waals surface area contributed by atoms with E-state index in [1.54, 1.807) is 0 Å². The molecule has 1 aliphatic heterocycles. The van der Waals surface area contributed by atoms with E-state index in [-0.39, 0.29) is 6.42 Å². The number of carbonyl (C=O) groups is 5. The van der Waals surface area contributed by atoms with E-state index in [4.69, 9.17) is 33.2 Å². The second-order valence-electron chi connectivity index (χ2n) is 7.90. The van der Waals surface area contributed by atoms with Crippen LogP contribution in [0.2, 0.25) is 0 Å². The van der Waals surface area contributed by atoms with Crippen LogP contribution in [0.25, 0.3) is 0 Å². The maximum Gasteiger partial charge on any atom is 0.303 e. The molecule has 192 valence electrons. The van der Waals surface area contributed by atoms with Gasteiger partial charge in [-0.05, 0) is 12.2 Å². The van der Waals surface area contributed by atoms with E-state index in [0.717, 1.165) is 27.7 Å². The lowest BCUT2D eigenvalue weighted by Gasteiger charge is -2.45. The molecule has 1 heterocycles. The Morgan fingerprint density at radius 3 is 1.91 bits per heavy atom. The van der Waals surface area contributed by atoms with Crippen molar-refractivity contribution < 1.29 is 57.1 Å². The number of hydrogen-bond donors (Lipinski definition) is 0. The van der Waals surface area contributed by atoms with Crippen molar-refractivity contribution in [2.75, 3.05) is 6.61 Å². The van der Waals surface area contributed by atoms with Gasteiger partial charge in [0.2, 0.25) is 6.29 Å². The van der Waals surface area contributed by atoms with Gasteiger partial charge in [0.1, 0.15) is 24.9 Å². The third-order valence-corrected chi connectivity index (χ3v) is 4.87. The van der Waals surface area contributed by atoms with Gasteiger partial charge in [0, 0.05) is 41.0 Å². The maximum absolute atomic E-state index is 11.9. The first-order chi connectivity index (χ1) is 16.4. The molecule has 1 aliphatic carbocycles. The summed E-state index contributed by atoms with van der Waals surface area (Å²) in [6.45, 7) is 5.18. The van der Waals surface area contributed by atoms with Crippen molar-refractivity contribution in [3.63, 3.8) is 0 Å². The second-order valence-corrected chi connectivity index (χ2v) is 7.90. The molecule has 0 spiro atoms. The van der Waals surface area contributed by atoms with Gasteiger partial charge in [-0.25, -0.2) is 0 Å². The summed E-state index contributed by atoms with van der Waals surface area (Å²) in [4.78, 5) is 58.3. The van der Waals surface area contributed by atoms with Gasteiger partial charge in [-0.15, -0.1) is 0 Å². The number of hydrogen-bond acceptors (Lipinski definition) is 13. The van der Waals surface area contributed by atoms with Gasteiger partial charge in [-0.1, -0.05) is 0 Å². The summed E-state index contributed by atoms with van der Waals surface area (Å²) < 4.78 is 37.8. The number of nitrogens with zero attached hydrogens (tertiary/aromatic N) is 1. The lowest BCUT2D eigenvalue weighted by Crippen LogP contribution is -2.64. The zero-order chi connectivity index (χ0) is 26.3. The molecular weight excluding hydrogens is 470 g/mol. The second kappa shape index (κ2) is 11.8. The van der Waals surface area contributed by atoms with Gasteiger partial charge in [-0.2, -0.15) is 5.26 Å². The van der Waals surface area contributed by atoms with Gasteiger partial charge < -0.3 is 33.2 Å². The molecule has 0 bridgehead atoms. The fourth-order valence-corrected chi connectivity index (χ4v) is 3.68. The van der Waals surface area contributed by atoms with Crippen molar-refractivity contribution in [1.82, 2.24) is 0 Å². The number of nitriles is 1. The highest BCUT2D eigenvalue weighted by Crippen LogP contribution is 2.36. The first-order valence-electron chi connectivity index (χ1n) is 10.6. The van der Waals surface area contributed by atoms with E-state index in [2.05, 4.69) is 0 Å². The van der Waals surface area contributed by atoms with Crippen molar-refractivity contribution in [3.05, 3.63) is 12.2 Å². The highest BCUT2D eigenvalue weighted by Gasteiger charge is 2.55. The average molecular weight is 497 g/mol. The van der Waals surface area contributed by atoms with Crippen molar-refractivity contribution >= 4 is 29.8 Å². The van der Waals surface area contributed by atoms with Crippen LogP contribution < -0.4 is 0 Å². The minimum Gasteiger partial charge on any atom is -0.463 e. The van der Waals surface area contributed by atoms with Gasteiger partial charge in [-0.3, -0.25) is 24.0 Å². The molecule has 0 saturated carbocycles. The summed E-state index contributed by atoms with van der Waals surface area (Å²) in [6, 6.07) is 1.97. The Morgan fingerprint density at radius 1 is 0.857 bits per heavy atom. The molecule has 13 heteroatoms. The van der Waals surface area contributed by atoms with Crippen LogP contribution in [0.15, 0.2) is 12.2 Å². The van der Waals surface area contributed by atoms with Gasteiger partial charge in [0.15, 0.2) is 23.9 Å². The highest BCUT2D eigenvalue weighted by molar-refractivity contribution is 5.69. The van der Waals surface area contributed by atoms with Crippen LogP contribution in [0.5, 0.6) is 0 Å². The molecular formula is C22H27NO12. The predicted octanol–water partition coefficient (Wildman–Crippen LogP) is 0.240. The van der Waals surface area contributed by atoms with Gasteiger partial charge in [0.05, 0.1) is 0 Å². The van der Waals surface area contributed by atoms with E-state index in [1.165, 1.54) is 19.1 Å². The Bertz CT molecular complexity index is 924. The molecule has 35 heavy (non-hydrogen) atoms. The molecule has 0 aromatic heterocycles. The van der Waals surface area contributed by atoms with Crippen LogP contribution in [0.1, 0.15) is 41.0 Å². The van der Waals surface area contributed by atoms with Crippen LogP contribution >= 0.6 is 0 Å². The summed E-state index contributed by atoms with van der Waals surface area (Å²) in [6.07, 6.45) is -5.11. The van der Waals surface area contributed by atoms with Gasteiger partial charge in [0.25, 0.3) is 0 Å². The minimum atomic E-state index is -1.68. The van der Waals surface area contributed by atoms with E-state index >= 15 is 0 Å². The van der Waals surface area contributed by atoms with Crippen LogP contribution in [-0.4, -0.2) is 78.9 Å². The Hall–Kier alpha value is -3.50. The molecule has 0 N–H and O–H groups in total. The molecule has 13 nitrogen and oxygen atoms in total. The quantitative estimate of drug-likeness (QED) is 0.254. The first-order valence-corrected chi connectivity index (χ1v) is 10.6. The third kappa shape index (κ3) is 7.76. The number of esters is 5. The monoisotopic (exact) mass is 497 g/mol. The molecule has 0 radical (unpaired) electrons. The molecule has 2 aliphatic rings. The standard InChI is InChI=1S/C22H27NO12/c1-11(24)29-9-17-18(31-13(3)26)19(32-14(4)27)20(33-15(5)28)21(34-17)35-22(10-23)7-6-16(8-22)30-12(2)25/h6-7,16-21H,8-9H2,1-5H3/t16-,17+,18+,19-,20+,21-,22-/m1/s1. The topological polar surface area (TPSA) is 174 Å². The molecule has 1 saturated heterocycles. The number of rotatable bonds is 8. The van der Waals surface area contributed by atoms with E-state index in [0.29, 0.717) is 0 Å². The molecule has 0 amide bonds. The molecule has 0 unspecified atom stereocenters. The lowest BCUT2D eigenvalue weighted by molar-refractivity contribution is -0.320. The Balaban J connectivity index is 2.45. The average Bonchev–Trinajstić information content (AvgIpc) is 3.12. The van der Waals surface area contributed by atoms with Gasteiger partial charge >= 0.3 is 29.8 Å². The Labute approximate surface area is 201 Å². The van der Waals surface area contributed by atoms with Crippen LogP contribution in [0, 0.1) is 11.3 Å². The summed E-state index contributed by atoms with van der Waals surface area (Å²) in [5, 5.41) is 9.84. The lowest BCUT2D eigenvalue weighted by atomic mass is 9.97. The highest BCUT2D eigenvalue weighted by atomic mass is 16.7. The van der Waals surface area contributed by atoms with Crippen molar-refractivity contribution in [1.29, 1.82) is 5.26 Å². The largest absolute Gasteiger partial charge is 0.463 e. The molecule has 7 atom stereocenters. The number of carbonyl (C=O) groups excluding carboxylic acids is 5. The van der Waals surface area contributed by atoms with Crippen molar-refractivity contribution in [2.45, 2.75) is 83.5 Å². The summed E-state index contributed by atoms with van der Waals surface area (Å²) in [5.41, 5.74) is -1.68. The first kappa shape index (κ1) is 27.7. The molecule has 2 rings (SSSR count). The number of ether oxygens (including phenoxy) is 7. The summed E-state index contributed by atoms with van der Waals surface area (Å²) in [5.74, 6) is -3.63. The molecule has 1 fully saturated rings. The van der Waals surface area contributed by atoms with Crippen LogP contribution in [0.4, 0.5) is 0 Å². The minimum absolute atomic E-state index is 0.101. The van der Waals surface area contributed by atoms with Crippen LogP contribution in [-0.2, 0) is 57.1 Å². The summed E-state index contributed by atoms with van der Waals surface area (Å²) in [7, 11) is 0. The van der Waals surface area contributed by atoms with E-state index in [1.807, 2.05) is 6.07 Å². The van der Waals surface area contributed by atoms with Crippen LogP contribution in [0.3, 0.4) is 0 Å². The Kier molecular flexibility index (Phi) is 9.32. The zero-order valence-electron chi connectivity index (χ0n) is 19.9. The van der Waals surface area contributed by atoms with Crippen molar-refractivity contribution in [2.24, 2.45) is 0 Å². The van der Waals surface area contributed by atoms with E-state index in [9.17, 15) is 29.2 Å². The zero-order valence-corrected chi connectivity index (χ0v) is 19.9. The fraction of sp³-hybridized carbons (Fsp3) is 0.636. The fourth-order valence-electron chi connectivity index (χ4n) is 3.68.